The molecule has 0 saturated carbocycles. The van der Waals surface area contributed by atoms with Gasteiger partial charge in [0.05, 0.1) is 12.3 Å². The van der Waals surface area contributed by atoms with Crippen LogP contribution in [0.3, 0.4) is 0 Å². The Bertz CT molecular complexity index is 391. The van der Waals surface area contributed by atoms with Gasteiger partial charge in [0.15, 0.2) is 0 Å². The first-order valence-corrected chi connectivity index (χ1v) is 4.48. The summed E-state index contributed by atoms with van der Waals surface area (Å²) in [7, 11) is 0. The van der Waals surface area contributed by atoms with Crippen LogP contribution in [-0.2, 0) is 11.2 Å². The van der Waals surface area contributed by atoms with E-state index in [1.54, 1.807) is 12.3 Å². The Morgan fingerprint density at radius 1 is 1.29 bits per heavy atom. The predicted octanol–water partition coefficient (Wildman–Crippen LogP) is 1.81. The lowest BCUT2D eigenvalue weighted by Gasteiger charge is -2.05. The Hall–Kier alpha value is -1.86. The number of hydrogen-bond acceptors (Lipinski definition) is 1. The molecular formula is C11H10N2O. The molecule has 70 valence electrons. The van der Waals surface area contributed by atoms with Gasteiger partial charge in [0, 0.05) is 6.42 Å². The van der Waals surface area contributed by atoms with E-state index in [0.717, 1.165) is 6.42 Å². The molecule has 0 aliphatic carbocycles. The summed E-state index contributed by atoms with van der Waals surface area (Å²) in [5.74, 6) is 0. The van der Waals surface area contributed by atoms with Gasteiger partial charge >= 0.3 is 5.71 Å². The van der Waals surface area contributed by atoms with Crippen LogP contribution in [-0.4, -0.2) is 16.6 Å². The highest BCUT2D eigenvalue weighted by atomic mass is 16.5. The highest BCUT2D eigenvalue weighted by Gasteiger charge is 2.26. The van der Waals surface area contributed by atoms with Crippen LogP contribution in [0.15, 0.2) is 42.7 Å². The highest BCUT2D eigenvalue weighted by molar-refractivity contribution is 5.95. The molecule has 2 rings (SSSR count). The molecule has 1 aliphatic heterocycles. The summed E-state index contributed by atoms with van der Waals surface area (Å²) in [5.41, 5.74) is 10.4. The largest absolute Gasteiger partial charge is 0.485 e. The molecule has 0 bridgehead atoms. The topological polar surface area (TPSA) is 45.6 Å². The zero-order valence-electron chi connectivity index (χ0n) is 7.63. The second-order valence-corrected chi connectivity index (χ2v) is 3.14. The zero-order chi connectivity index (χ0) is 9.80. The molecule has 1 heterocycles. The summed E-state index contributed by atoms with van der Waals surface area (Å²) in [6, 6.07) is 9.98. The van der Waals surface area contributed by atoms with Crippen LogP contribution in [0.2, 0.25) is 0 Å². The second kappa shape index (κ2) is 3.90. The third-order valence-corrected chi connectivity index (χ3v) is 2.19. The monoisotopic (exact) mass is 186 g/mol. The minimum atomic E-state index is -0.151. The molecule has 1 aromatic rings. The summed E-state index contributed by atoms with van der Waals surface area (Å²) in [5, 5.41) is 0. The van der Waals surface area contributed by atoms with Crippen molar-refractivity contribution in [1.82, 2.24) is 0 Å². The summed E-state index contributed by atoms with van der Waals surface area (Å²) in [6.45, 7) is 0. The minimum Gasteiger partial charge on any atom is -0.485 e. The number of hydrogen-bond donors (Lipinski definition) is 0. The van der Waals surface area contributed by atoms with Crippen LogP contribution < -0.4 is 0 Å². The molecule has 3 heteroatoms. The first-order valence-electron chi connectivity index (χ1n) is 4.48. The van der Waals surface area contributed by atoms with E-state index in [0.29, 0.717) is 5.71 Å². The number of nitrogens with zero attached hydrogens (tertiary/aromatic N) is 2. The summed E-state index contributed by atoms with van der Waals surface area (Å²) >= 11 is 0. The Balaban J connectivity index is 2.10. The SMILES string of the molecule is [N-]=[N+]=C1C=COC1Cc1ccccc1. The number of rotatable bonds is 2. The molecule has 0 radical (unpaired) electrons. The van der Waals surface area contributed by atoms with Crippen molar-refractivity contribution in [2.75, 3.05) is 0 Å². The van der Waals surface area contributed by atoms with Crippen molar-refractivity contribution in [3.8, 4) is 0 Å². The van der Waals surface area contributed by atoms with Crippen molar-refractivity contribution in [3.63, 3.8) is 0 Å². The van der Waals surface area contributed by atoms with Gasteiger partial charge in [-0.3, -0.25) is 0 Å². The van der Waals surface area contributed by atoms with Crippen LogP contribution in [0.4, 0.5) is 0 Å². The minimum absolute atomic E-state index is 0.151. The van der Waals surface area contributed by atoms with Gasteiger partial charge in [-0.15, -0.1) is 0 Å². The fourth-order valence-corrected chi connectivity index (χ4v) is 1.46. The molecule has 3 nitrogen and oxygen atoms in total. The van der Waals surface area contributed by atoms with E-state index in [1.807, 2.05) is 30.3 Å². The maximum atomic E-state index is 8.67. The Kier molecular flexibility index (Phi) is 2.43. The first kappa shape index (κ1) is 8.73. The molecule has 1 unspecified atom stereocenters. The Labute approximate surface area is 82.3 Å². The van der Waals surface area contributed by atoms with Crippen LogP contribution in [0.25, 0.3) is 5.53 Å². The normalized spacial score (nSPS) is 19.1. The van der Waals surface area contributed by atoms with Crippen LogP contribution >= 0.6 is 0 Å². The van der Waals surface area contributed by atoms with E-state index >= 15 is 0 Å². The van der Waals surface area contributed by atoms with Gasteiger partial charge in [-0.2, -0.15) is 4.79 Å². The van der Waals surface area contributed by atoms with E-state index in [9.17, 15) is 0 Å². The van der Waals surface area contributed by atoms with Crippen molar-refractivity contribution in [3.05, 3.63) is 53.8 Å². The lowest BCUT2D eigenvalue weighted by Crippen LogP contribution is -2.19. The molecule has 1 atom stereocenters. The third kappa shape index (κ3) is 1.73. The van der Waals surface area contributed by atoms with Crippen molar-refractivity contribution < 1.29 is 9.53 Å². The second-order valence-electron chi connectivity index (χ2n) is 3.14. The van der Waals surface area contributed by atoms with Crippen LogP contribution in [0.5, 0.6) is 0 Å². The maximum Gasteiger partial charge on any atom is 0.335 e. The number of benzene rings is 1. The quantitative estimate of drug-likeness (QED) is 0.513. The zero-order valence-corrected chi connectivity index (χ0v) is 7.63. The van der Waals surface area contributed by atoms with Gasteiger partial charge in [0.1, 0.15) is 0 Å². The first-order chi connectivity index (χ1) is 6.90. The maximum absolute atomic E-state index is 8.67. The van der Waals surface area contributed by atoms with Crippen molar-refractivity contribution in [2.24, 2.45) is 0 Å². The molecule has 0 aromatic heterocycles. The van der Waals surface area contributed by atoms with Crippen molar-refractivity contribution >= 4 is 5.71 Å². The lowest BCUT2D eigenvalue weighted by atomic mass is 10.1. The lowest BCUT2D eigenvalue weighted by molar-refractivity contribution is -0.0157. The van der Waals surface area contributed by atoms with E-state index in [1.165, 1.54) is 5.56 Å². The predicted molar refractivity (Wildman–Crippen MR) is 52.8 cm³/mol. The summed E-state index contributed by atoms with van der Waals surface area (Å²) in [4.78, 5) is 3.17. The highest BCUT2D eigenvalue weighted by Crippen LogP contribution is 2.11. The molecule has 14 heavy (non-hydrogen) atoms. The standard InChI is InChI=1S/C11H10N2O/c12-13-10-6-7-14-11(10)8-9-4-2-1-3-5-9/h1-7,11H,8H2. The number of ether oxygens (including phenoxy) is 1. The van der Waals surface area contributed by atoms with E-state index < -0.39 is 0 Å². The van der Waals surface area contributed by atoms with Crippen LogP contribution in [0.1, 0.15) is 5.56 Å². The molecule has 0 spiro atoms. The van der Waals surface area contributed by atoms with Crippen molar-refractivity contribution in [1.29, 1.82) is 0 Å². The fourth-order valence-electron chi connectivity index (χ4n) is 1.46. The Morgan fingerprint density at radius 3 is 2.79 bits per heavy atom. The van der Waals surface area contributed by atoms with Crippen molar-refractivity contribution in [2.45, 2.75) is 12.5 Å². The van der Waals surface area contributed by atoms with Gasteiger partial charge < -0.3 is 10.3 Å². The van der Waals surface area contributed by atoms with Gasteiger partial charge in [0.25, 0.3) is 0 Å². The fraction of sp³-hybridized carbons (Fsp3) is 0.182. The van der Waals surface area contributed by atoms with Gasteiger partial charge in [-0.05, 0) is 5.56 Å². The molecule has 1 aliphatic rings. The molecule has 0 N–H and O–H groups in total. The van der Waals surface area contributed by atoms with Gasteiger partial charge in [-0.1, -0.05) is 30.3 Å². The molecule has 0 amide bonds. The average molecular weight is 186 g/mol. The van der Waals surface area contributed by atoms with Gasteiger partial charge in [-0.25, -0.2) is 0 Å². The summed E-state index contributed by atoms with van der Waals surface area (Å²) < 4.78 is 5.29. The van der Waals surface area contributed by atoms with E-state index in [-0.39, 0.29) is 6.10 Å². The van der Waals surface area contributed by atoms with Crippen LogP contribution in [0, 0.1) is 0 Å². The van der Waals surface area contributed by atoms with E-state index in [2.05, 4.69) is 4.79 Å². The van der Waals surface area contributed by atoms with Gasteiger partial charge in [0.2, 0.25) is 6.10 Å². The molecule has 1 aromatic carbocycles. The Morgan fingerprint density at radius 2 is 2.07 bits per heavy atom. The molecular weight excluding hydrogens is 176 g/mol. The average Bonchev–Trinajstić information content (AvgIpc) is 2.67. The summed E-state index contributed by atoms with van der Waals surface area (Å²) in [6.07, 6.45) is 3.81. The molecule has 0 fully saturated rings. The third-order valence-electron chi connectivity index (χ3n) is 2.19. The smallest absolute Gasteiger partial charge is 0.335 e. The van der Waals surface area contributed by atoms with E-state index in [4.69, 9.17) is 10.3 Å². The molecule has 0 saturated heterocycles.